The van der Waals surface area contributed by atoms with E-state index in [1.807, 2.05) is 43.3 Å². The van der Waals surface area contributed by atoms with Crippen molar-refractivity contribution in [3.05, 3.63) is 77.1 Å². The first kappa shape index (κ1) is 22.3. The fourth-order valence-electron chi connectivity index (χ4n) is 4.26. The van der Waals surface area contributed by atoms with E-state index < -0.39 is 0 Å². The number of anilines is 1. The second-order valence-corrected chi connectivity index (χ2v) is 8.97. The summed E-state index contributed by atoms with van der Waals surface area (Å²) in [6, 6.07) is 17.3. The lowest BCUT2D eigenvalue weighted by molar-refractivity contribution is -0.126. The molecule has 0 bridgehead atoms. The van der Waals surface area contributed by atoms with Gasteiger partial charge < -0.3 is 10.2 Å². The molecule has 1 atom stereocenters. The Morgan fingerprint density at radius 3 is 2.44 bits per heavy atom. The second-order valence-electron chi connectivity index (χ2n) is 8.54. The Hall–Kier alpha value is -3.52. The van der Waals surface area contributed by atoms with Crippen molar-refractivity contribution >= 4 is 29.0 Å². The van der Waals surface area contributed by atoms with Crippen LogP contribution in [0, 0.1) is 11.7 Å². The van der Waals surface area contributed by atoms with Crippen LogP contribution in [0.15, 0.2) is 60.7 Å². The lowest BCUT2D eigenvalue weighted by Crippen LogP contribution is -2.41. The molecule has 0 aliphatic carbocycles. The molecule has 1 aliphatic rings. The van der Waals surface area contributed by atoms with E-state index in [0.29, 0.717) is 16.5 Å². The summed E-state index contributed by atoms with van der Waals surface area (Å²) in [4.78, 5) is 15.0. The number of benzene rings is 2. The molecule has 7 nitrogen and oxygen atoms in total. The van der Waals surface area contributed by atoms with Crippen LogP contribution in [-0.2, 0) is 4.79 Å². The number of piperidine rings is 1. The standard InChI is InChI=1S/C25H24ClFN6O/c1-16(17-4-8-21(27)9-5-17)28-25(34)19-12-14-32(15-13-19)23-11-10-22-29-30-24(33(22)31-23)18-2-6-20(26)7-3-18/h2-11,16,19H,12-15H2,1H3,(H,28,34). The number of nitrogens with one attached hydrogen (secondary N) is 1. The Balaban J connectivity index is 1.25. The van der Waals surface area contributed by atoms with Crippen molar-refractivity contribution in [2.75, 3.05) is 18.0 Å². The monoisotopic (exact) mass is 478 g/mol. The molecule has 4 aromatic rings. The molecule has 1 N–H and O–H groups in total. The van der Waals surface area contributed by atoms with Crippen LogP contribution in [0.1, 0.15) is 31.4 Å². The minimum absolute atomic E-state index is 0.0312. The van der Waals surface area contributed by atoms with E-state index in [4.69, 9.17) is 16.7 Å². The van der Waals surface area contributed by atoms with Crippen LogP contribution in [0.25, 0.3) is 17.0 Å². The number of fused-ring (bicyclic) bond motifs is 1. The number of halogens is 2. The Labute approximate surface area is 201 Å². The Bertz CT molecular complexity index is 1300. The van der Waals surface area contributed by atoms with Crippen molar-refractivity contribution in [3.63, 3.8) is 0 Å². The maximum Gasteiger partial charge on any atom is 0.223 e. The molecule has 1 saturated heterocycles. The molecular weight excluding hydrogens is 455 g/mol. The predicted octanol–water partition coefficient (Wildman–Crippen LogP) is 4.68. The van der Waals surface area contributed by atoms with E-state index in [1.54, 1.807) is 16.6 Å². The van der Waals surface area contributed by atoms with Gasteiger partial charge in [0.1, 0.15) is 11.6 Å². The van der Waals surface area contributed by atoms with Gasteiger partial charge in [-0.2, -0.15) is 4.52 Å². The van der Waals surface area contributed by atoms with Crippen LogP contribution in [0.4, 0.5) is 10.2 Å². The fraction of sp³-hybridized carbons (Fsp3) is 0.280. The van der Waals surface area contributed by atoms with Crippen molar-refractivity contribution < 1.29 is 9.18 Å². The van der Waals surface area contributed by atoms with Gasteiger partial charge in [0.25, 0.3) is 0 Å². The number of hydrogen-bond donors (Lipinski definition) is 1. The number of aromatic nitrogens is 4. The maximum atomic E-state index is 13.2. The molecule has 2 aromatic heterocycles. The first-order valence-corrected chi connectivity index (χ1v) is 11.6. The Kier molecular flexibility index (Phi) is 6.15. The van der Waals surface area contributed by atoms with Crippen molar-refractivity contribution in [3.8, 4) is 11.4 Å². The van der Waals surface area contributed by atoms with E-state index in [-0.39, 0.29) is 23.7 Å². The zero-order chi connectivity index (χ0) is 23.7. The van der Waals surface area contributed by atoms with E-state index in [0.717, 1.165) is 42.9 Å². The molecule has 0 radical (unpaired) electrons. The Morgan fingerprint density at radius 1 is 1.03 bits per heavy atom. The quantitative estimate of drug-likeness (QED) is 0.451. The van der Waals surface area contributed by atoms with Gasteiger partial charge in [-0.1, -0.05) is 23.7 Å². The third-order valence-electron chi connectivity index (χ3n) is 6.27. The van der Waals surface area contributed by atoms with Gasteiger partial charge >= 0.3 is 0 Å². The molecule has 0 saturated carbocycles. The summed E-state index contributed by atoms with van der Waals surface area (Å²) >= 11 is 6.01. The Morgan fingerprint density at radius 2 is 1.74 bits per heavy atom. The summed E-state index contributed by atoms with van der Waals surface area (Å²) in [5.41, 5.74) is 2.43. The highest BCUT2D eigenvalue weighted by Crippen LogP contribution is 2.25. The van der Waals surface area contributed by atoms with Crippen LogP contribution < -0.4 is 10.2 Å². The molecule has 2 aromatic carbocycles. The van der Waals surface area contributed by atoms with Gasteiger partial charge in [-0.25, -0.2) is 4.39 Å². The molecule has 1 fully saturated rings. The highest BCUT2D eigenvalue weighted by atomic mass is 35.5. The normalized spacial score (nSPS) is 15.4. The third-order valence-corrected chi connectivity index (χ3v) is 6.52. The van der Waals surface area contributed by atoms with E-state index in [2.05, 4.69) is 20.4 Å². The zero-order valence-electron chi connectivity index (χ0n) is 18.7. The van der Waals surface area contributed by atoms with Crippen molar-refractivity contribution in [2.24, 2.45) is 5.92 Å². The van der Waals surface area contributed by atoms with Gasteiger partial charge in [0.2, 0.25) is 5.91 Å². The summed E-state index contributed by atoms with van der Waals surface area (Å²) in [6.45, 7) is 3.36. The average Bonchev–Trinajstić information content (AvgIpc) is 3.28. The zero-order valence-corrected chi connectivity index (χ0v) is 19.4. The highest BCUT2D eigenvalue weighted by Gasteiger charge is 2.27. The number of rotatable bonds is 5. The van der Waals surface area contributed by atoms with E-state index in [9.17, 15) is 9.18 Å². The van der Waals surface area contributed by atoms with Crippen LogP contribution >= 0.6 is 11.6 Å². The predicted molar refractivity (Wildman–Crippen MR) is 129 cm³/mol. The SMILES string of the molecule is CC(NC(=O)C1CCN(c2ccc3nnc(-c4ccc(Cl)cc4)n3n2)CC1)c1ccc(F)cc1. The van der Waals surface area contributed by atoms with Gasteiger partial charge in [-0.15, -0.1) is 15.3 Å². The first-order chi connectivity index (χ1) is 16.5. The number of carbonyl (C=O) groups excluding carboxylic acids is 1. The summed E-state index contributed by atoms with van der Waals surface area (Å²) in [5.74, 6) is 1.15. The van der Waals surface area contributed by atoms with E-state index in [1.165, 1.54) is 12.1 Å². The lowest BCUT2D eigenvalue weighted by Gasteiger charge is -2.32. The van der Waals surface area contributed by atoms with Crippen LogP contribution in [0.5, 0.6) is 0 Å². The third kappa shape index (κ3) is 4.59. The lowest BCUT2D eigenvalue weighted by atomic mass is 9.95. The topological polar surface area (TPSA) is 75.4 Å². The smallest absolute Gasteiger partial charge is 0.223 e. The van der Waals surface area contributed by atoms with Crippen LogP contribution in [-0.4, -0.2) is 38.8 Å². The summed E-state index contributed by atoms with van der Waals surface area (Å²) in [5, 5.41) is 17.0. The van der Waals surface area contributed by atoms with E-state index >= 15 is 0 Å². The maximum absolute atomic E-state index is 13.2. The molecule has 9 heteroatoms. The molecule has 0 spiro atoms. The van der Waals surface area contributed by atoms with Crippen LogP contribution in [0.3, 0.4) is 0 Å². The minimum atomic E-state index is -0.284. The molecule has 5 rings (SSSR count). The summed E-state index contributed by atoms with van der Waals surface area (Å²) < 4.78 is 14.9. The average molecular weight is 479 g/mol. The highest BCUT2D eigenvalue weighted by molar-refractivity contribution is 6.30. The fourth-order valence-corrected chi connectivity index (χ4v) is 4.39. The number of nitrogens with zero attached hydrogens (tertiary/aromatic N) is 5. The second kappa shape index (κ2) is 9.38. The number of hydrogen-bond acceptors (Lipinski definition) is 5. The molecule has 1 amide bonds. The molecule has 174 valence electrons. The minimum Gasteiger partial charge on any atom is -0.355 e. The van der Waals surface area contributed by atoms with Crippen molar-refractivity contribution in [2.45, 2.75) is 25.8 Å². The molecule has 1 aliphatic heterocycles. The van der Waals surface area contributed by atoms with Crippen molar-refractivity contribution in [1.29, 1.82) is 0 Å². The van der Waals surface area contributed by atoms with Gasteiger partial charge in [-0.3, -0.25) is 4.79 Å². The largest absolute Gasteiger partial charge is 0.355 e. The van der Waals surface area contributed by atoms with Gasteiger partial charge in [0.15, 0.2) is 11.5 Å². The van der Waals surface area contributed by atoms with Crippen molar-refractivity contribution in [1.82, 2.24) is 25.1 Å². The van der Waals surface area contributed by atoms with Gasteiger partial charge in [0, 0.05) is 29.6 Å². The molecule has 3 heterocycles. The molecule has 34 heavy (non-hydrogen) atoms. The molecular formula is C25H24ClFN6O. The summed E-state index contributed by atoms with van der Waals surface area (Å²) in [6.07, 6.45) is 1.46. The number of carbonyl (C=O) groups is 1. The van der Waals surface area contributed by atoms with Crippen LogP contribution in [0.2, 0.25) is 5.02 Å². The summed E-state index contributed by atoms with van der Waals surface area (Å²) in [7, 11) is 0. The molecule has 1 unspecified atom stereocenters. The van der Waals surface area contributed by atoms with Gasteiger partial charge in [0.05, 0.1) is 6.04 Å². The van der Waals surface area contributed by atoms with Gasteiger partial charge in [-0.05, 0) is 73.9 Å². The number of amides is 1. The first-order valence-electron chi connectivity index (χ1n) is 11.3.